The van der Waals surface area contributed by atoms with Crippen molar-refractivity contribution in [2.24, 2.45) is 0 Å². The van der Waals surface area contributed by atoms with E-state index in [9.17, 15) is 9.59 Å². The number of nitrogens with one attached hydrogen (secondary N) is 2. The summed E-state index contributed by atoms with van der Waals surface area (Å²) in [6, 6.07) is 3.33. The van der Waals surface area contributed by atoms with Crippen LogP contribution in [-0.4, -0.2) is 31.6 Å². The minimum absolute atomic E-state index is 0.252. The van der Waals surface area contributed by atoms with E-state index in [0.717, 1.165) is 0 Å². The van der Waals surface area contributed by atoms with Crippen LogP contribution in [0.2, 0.25) is 0 Å². The lowest BCUT2D eigenvalue weighted by atomic mass is 10.3. The van der Waals surface area contributed by atoms with Gasteiger partial charge in [-0.25, -0.2) is 4.79 Å². The largest absolute Gasteiger partial charge is 0.467 e. The maximum absolute atomic E-state index is 11.4. The van der Waals surface area contributed by atoms with E-state index < -0.39 is 12.0 Å². The first-order valence-corrected chi connectivity index (χ1v) is 6.09. The predicted molar refractivity (Wildman–Crippen MR) is 65.6 cm³/mol. The number of esters is 1. The maximum atomic E-state index is 11.4. The zero-order valence-corrected chi connectivity index (χ0v) is 10.7. The van der Waals surface area contributed by atoms with E-state index in [-0.39, 0.29) is 5.91 Å². The first-order chi connectivity index (χ1) is 8.13. The molecule has 1 heterocycles. The molecule has 0 aliphatic heterocycles. The van der Waals surface area contributed by atoms with Gasteiger partial charge in [0, 0.05) is 24.9 Å². The van der Waals surface area contributed by atoms with Gasteiger partial charge in [-0.1, -0.05) is 6.07 Å². The van der Waals surface area contributed by atoms with Gasteiger partial charge >= 0.3 is 5.97 Å². The van der Waals surface area contributed by atoms with Gasteiger partial charge in [-0.3, -0.25) is 4.79 Å². The van der Waals surface area contributed by atoms with E-state index in [1.807, 2.05) is 17.5 Å². The lowest BCUT2D eigenvalue weighted by Gasteiger charge is -2.15. The highest BCUT2D eigenvalue weighted by Crippen LogP contribution is 2.07. The zero-order chi connectivity index (χ0) is 12.7. The predicted octanol–water partition coefficient (Wildman–Crippen LogP) is 0.515. The molecular weight excluding hydrogens is 240 g/mol. The maximum Gasteiger partial charge on any atom is 0.329 e. The van der Waals surface area contributed by atoms with Crippen LogP contribution in [0, 0.1) is 0 Å². The van der Waals surface area contributed by atoms with Crippen molar-refractivity contribution in [1.29, 1.82) is 0 Å². The average Bonchev–Trinajstić information content (AvgIpc) is 2.79. The fourth-order valence-electron chi connectivity index (χ4n) is 1.33. The van der Waals surface area contributed by atoms with Crippen LogP contribution in [0.1, 0.15) is 11.8 Å². The number of thiophene rings is 1. The Hall–Kier alpha value is -1.40. The highest BCUT2D eigenvalue weighted by atomic mass is 32.1. The lowest BCUT2D eigenvalue weighted by Crippen LogP contribution is -2.46. The molecule has 17 heavy (non-hydrogen) atoms. The summed E-state index contributed by atoms with van der Waals surface area (Å²) in [7, 11) is 1.30. The molecule has 0 aliphatic carbocycles. The third kappa shape index (κ3) is 4.97. The molecular formula is C11H16N2O3S. The summed E-state index contributed by atoms with van der Waals surface area (Å²) in [6.45, 7) is 2.39. The van der Waals surface area contributed by atoms with Gasteiger partial charge in [0.15, 0.2) is 0 Å². The van der Waals surface area contributed by atoms with E-state index in [0.29, 0.717) is 13.1 Å². The molecule has 0 bridgehead atoms. The number of rotatable bonds is 6. The summed E-state index contributed by atoms with van der Waals surface area (Å²) in [5.41, 5.74) is 0. The average molecular weight is 256 g/mol. The van der Waals surface area contributed by atoms with Crippen molar-refractivity contribution < 1.29 is 14.3 Å². The molecule has 1 aromatic heterocycles. The van der Waals surface area contributed by atoms with E-state index in [1.54, 1.807) is 11.3 Å². The molecule has 1 atom stereocenters. The fraction of sp³-hybridized carbons (Fsp3) is 0.455. The minimum Gasteiger partial charge on any atom is -0.467 e. The van der Waals surface area contributed by atoms with Gasteiger partial charge in [0.1, 0.15) is 6.04 Å². The monoisotopic (exact) mass is 256 g/mol. The second-order valence-corrected chi connectivity index (χ2v) is 4.52. The number of hydrogen-bond donors (Lipinski definition) is 2. The molecule has 0 saturated heterocycles. The highest BCUT2D eigenvalue weighted by molar-refractivity contribution is 7.09. The van der Waals surface area contributed by atoms with Gasteiger partial charge in [-0.2, -0.15) is 0 Å². The summed E-state index contributed by atoms with van der Waals surface area (Å²) in [5, 5.41) is 7.63. The van der Waals surface area contributed by atoms with Crippen molar-refractivity contribution in [3.8, 4) is 0 Å². The zero-order valence-electron chi connectivity index (χ0n) is 9.86. The summed E-state index contributed by atoms with van der Waals surface area (Å²) >= 11 is 1.64. The summed E-state index contributed by atoms with van der Waals surface area (Å²) in [5.74, 6) is -0.697. The Balaban J connectivity index is 2.38. The van der Waals surface area contributed by atoms with E-state index in [2.05, 4.69) is 15.4 Å². The van der Waals surface area contributed by atoms with Crippen molar-refractivity contribution in [2.75, 3.05) is 13.7 Å². The Bertz CT molecular complexity index is 365. The molecule has 2 N–H and O–H groups in total. The van der Waals surface area contributed by atoms with Crippen LogP contribution >= 0.6 is 11.3 Å². The van der Waals surface area contributed by atoms with Crippen LogP contribution in [0.25, 0.3) is 0 Å². The van der Waals surface area contributed by atoms with Crippen LogP contribution in [0.3, 0.4) is 0 Å². The third-order valence-electron chi connectivity index (χ3n) is 2.09. The third-order valence-corrected chi connectivity index (χ3v) is 2.97. The minimum atomic E-state index is -0.641. The number of ether oxygens (including phenoxy) is 1. The summed E-state index contributed by atoms with van der Waals surface area (Å²) in [6.07, 6.45) is 0. The molecule has 0 aromatic carbocycles. The second-order valence-electron chi connectivity index (χ2n) is 3.49. The summed E-state index contributed by atoms with van der Waals surface area (Å²) < 4.78 is 4.61. The van der Waals surface area contributed by atoms with Crippen molar-refractivity contribution in [3.63, 3.8) is 0 Å². The van der Waals surface area contributed by atoms with Crippen molar-refractivity contribution in [3.05, 3.63) is 22.4 Å². The first kappa shape index (κ1) is 13.7. The topological polar surface area (TPSA) is 67.4 Å². The Morgan fingerprint density at radius 1 is 1.53 bits per heavy atom. The molecule has 94 valence electrons. The molecule has 0 radical (unpaired) electrons. The van der Waals surface area contributed by atoms with Crippen molar-refractivity contribution in [2.45, 2.75) is 19.5 Å². The fourth-order valence-corrected chi connectivity index (χ4v) is 2.01. The second kappa shape index (κ2) is 7.03. The van der Waals surface area contributed by atoms with E-state index in [1.165, 1.54) is 18.9 Å². The smallest absolute Gasteiger partial charge is 0.329 e. The quantitative estimate of drug-likeness (QED) is 0.728. The Kier molecular flexibility index (Phi) is 5.65. The molecule has 5 nitrogen and oxygen atoms in total. The standard InChI is InChI=1S/C11H16N2O3S/c1-8(14)13-10(11(15)16-2)7-12-6-9-4-3-5-17-9/h3-5,10,12H,6-7H2,1-2H3,(H,13,14). The number of hydrogen-bond acceptors (Lipinski definition) is 5. The van der Waals surface area contributed by atoms with Crippen LogP contribution in [-0.2, 0) is 20.9 Å². The Labute approximate surface area is 104 Å². The van der Waals surface area contributed by atoms with Crippen LogP contribution in [0.4, 0.5) is 0 Å². The van der Waals surface area contributed by atoms with Crippen LogP contribution in [0.5, 0.6) is 0 Å². The summed E-state index contributed by atoms with van der Waals surface area (Å²) in [4.78, 5) is 23.5. The molecule has 0 saturated carbocycles. The normalized spacial score (nSPS) is 11.9. The van der Waals surface area contributed by atoms with Gasteiger partial charge in [-0.05, 0) is 11.4 Å². The van der Waals surface area contributed by atoms with E-state index in [4.69, 9.17) is 0 Å². The Morgan fingerprint density at radius 2 is 2.29 bits per heavy atom. The Morgan fingerprint density at radius 3 is 2.82 bits per heavy atom. The van der Waals surface area contributed by atoms with Gasteiger partial charge in [0.2, 0.25) is 5.91 Å². The molecule has 1 aromatic rings. The van der Waals surface area contributed by atoms with E-state index >= 15 is 0 Å². The van der Waals surface area contributed by atoms with Crippen LogP contribution in [0.15, 0.2) is 17.5 Å². The number of methoxy groups -OCH3 is 1. The molecule has 0 aliphatic rings. The van der Waals surface area contributed by atoms with Gasteiger partial charge < -0.3 is 15.4 Å². The first-order valence-electron chi connectivity index (χ1n) is 5.21. The van der Waals surface area contributed by atoms with Gasteiger partial charge in [0.05, 0.1) is 7.11 Å². The SMILES string of the molecule is COC(=O)C(CNCc1cccs1)NC(C)=O. The molecule has 1 rings (SSSR count). The number of amides is 1. The number of carbonyl (C=O) groups excluding carboxylic acids is 2. The highest BCUT2D eigenvalue weighted by Gasteiger charge is 2.19. The molecule has 1 amide bonds. The van der Waals surface area contributed by atoms with Crippen molar-refractivity contribution in [1.82, 2.24) is 10.6 Å². The molecule has 1 unspecified atom stereocenters. The molecule has 0 spiro atoms. The molecule has 6 heteroatoms. The van der Waals surface area contributed by atoms with Gasteiger partial charge in [-0.15, -0.1) is 11.3 Å². The van der Waals surface area contributed by atoms with Crippen LogP contribution < -0.4 is 10.6 Å². The molecule has 0 fully saturated rings. The van der Waals surface area contributed by atoms with Gasteiger partial charge in [0.25, 0.3) is 0 Å². The van der Waals surface area contributed by atoms with Crippen molar-refractivity contribution >= 4 is 23.2 Å². The lowest BCUT2D eigenvalue weighted by molar-refractivity contribution is -0.144. The number of carbonyl (C=O) groups is 2.